The maximum absolute atomic E-state index is 12.4. The van der Waals surface area contributed by atoms with E-state index in [4.69, 9.17) is 0 Å². The molecule has 2 N–H and O–H groups in total. The number of hydrogen-bond acceptors (Lipinski definition) is 5. The topological polar surface area (TPSA) is 79.9 Å². The van der Waals surface area contributed by atoms with E-state index in [0.29, 0.717) is 11.3 Å². The van der Waals surface area contributed by atoms with E-state index in [1.807, 2.05) is 24.3 Å². The minimum atomic E-state index is -4.41. The maximum Gasteiger partial charge on any atom is 0.422 e. The highest BCUT2D eigenvalue weighted by Gasteiger charge is 2.42. The van der Waals surface area contributed by atoms with Crippen molar-refractivity contribution in [3.05, 3.63) is 41.2 Å². The van der Waals surface area contributed by atoms with Crippen LogP contribution in [0.1, 0.15) is 42.4 Å². The predicted molar refractivity (Wildman–Crippen MR) is 102 cm³/mol. The number of ether oxygens (including phenoxy) is 1. The van der Waals surface area contributed by atoms with Crippen LogP contribution in [-0.4, -0.2) is 33.6 Å². The number of amides is 1. The summed E-state index contributed by atoms with van der Waals surface area (Å²) in [5.41, 5.74) is 1.90. The highest BCUT2D eigenvalue weighted by molar-refractivity contribution is 7.13. The molecular weight excluding hydrogens is 405 g/mol. The number of para-hydroxylation sites is 2. The summed E-state index contributed by atoms with van der Waals surface area (Å²) in [6.07, 6.45) is -1.71. The van der Waals surface area contributed by atoms with Gasteiger partial charge in [0.25, 0.3) is 5.19 Å². The van der Waals surface area contributed by atoms with Crippen molar-refractivity contribution in [3.63, 3.8) is 0 Å². The van der Waals surface area contributed by atoms with Gasteiger partial charge in [-0.15, -0.1) is 0 Å². The third-order valence-corrected chi connectivity index (χ3v) is 5.89. The molecule has 0 bridgehead atoms. The fourth-order valence-corrected chi connectivity index (χ4v) is 4.01. The normalized spacial score (nSPS) is 19.9. The van der Waals surface area contributed by atoms with E-state index in [2.05, 4.69) is 25.0 Å². The average molecular weight is 424 g/mol. The van der Waals surface area contributed by atoms with Gasteiger partial charge in [0.15, 0.2) is 6.61 Å². The largest absolute Gasteiger partial charge is 0.460 e. The molecule has 1 amide bonds. The van der Waals surface area contributed by atoms with Crippen molar-refractivity contribution >= 4 is 28.3 Å². The molecule has 29 heavy (non-hydrogen) atoms. The van der Waals surface area contributed by atoms with E-state index in [0.717, 1.165) is 34.6 Å². The number of aromatic nitrogens is 3. The summed E-state index contributed by atoms with van der Waals surface area (Å²) in [5.74, 6) is 1.28. The number of benzene rings is 1. The molecule has 0 unspecified atom stereocenters. The Bertz CT molecular complexity index is 983. The third-order valence-electron chi connectivity index (χ3n) is 4.80. The molecule has 6 nitrogen and oxygen atoms in total. The second kappa shape index (κ2) is 7.66. The van der Waals surface area contributed by atoms with Crippen molar-refractivity contribution in [2.45, 2.75) is 37.9 Å². The lowest BCUT2D eigenvalue weighted by Gasteiger charge is -2.11. The van der Waals surface area contributed by atoms with Crippen molar-refractivity contribution < 1.29 is 22.7 Å². The molecule has 0 aliphatic heterocycles. The van der Waals surface area contributed by atoms with Crippen LogP contribution in [0.15, 0.2) is 30.5 Å². The van der Waals surface area contributed by atoms with Gasteiger partial charge in [0.1, 0.15) is 5.82 Å². The molecule has 2 heterocycles. The van der Waals surface area contributed by atoms with Crippen LogP contribution in [0.4, 0.5) is 13.2 Å². The minimum Gasteiger partial charge on any atom is -0.460 e. The standard InChI is InChI=1S/C19H19F3N4O2S/c1-10(15-8-23-18(29-15)28-9-19(20,21)22)24-16(27)7-11-6-12(11)17-25-13-4-2-3-5-14(13)26-17/h2-5,8,10-12H,6-7,9H2,1H3,(H,24,27)(H,25,26)/t10-,11+,12-/m1/s1. The fourth-order valence-electron chi connectivity index (χ4n) is 3.25. The van der Waals surface area contributed by atoms with Crippen molar-refractivity contribution in [1.29, 1.82) is 0 Å². The number of rotatable bonds is 7. The highest BCUT2D eigenvalue weighted by atomic mass is 32.1. The zero-order valence-electron chi connectivity index (χ0n) is 15.5. The number of nitrogens with zero attached hydrogens (tertiary/aromatic N) is 2. The smallest absolute Gasteiger partial charge is 0.422 e. The van der Waals surface area contributed by atoms with E-state index in [9.17, 15) is 18.0 Å². The number of H-pyrrole nitrogens is 1. The number of imidazole rings is 1. The number of alkyl halides is 3. The second-order valence-electron chi connectivity index (χ2n) is 7.17. The molecule has 1 fully saturated rings. The van der Waals surface area contributed by atoms with Gasteiger partial charge in [-0.05, 0) is 31.4 Å². The number of halogens is 3. The molecule has 10 heteroatoms. The van der Waals surface area contributed by atoms with Crippen LogP contribution in [0.2, 0.25) is 0 Å². The Hall–Kier alpha value is -2.62. The molecule has 3 atom stereocenters. The minimum absolute atomic E-state index is 0.0643. The van der Waals surface area contributed by atoms with Gasteiger partial charge in [-0.1, -0.05) is 23.5 Å². The number of hydrogen-bond donors (Lipinski definition) is 2. The molecule has 4 rings (SSSR count). The number of nitrogens with one attached hydrogen (secondary N) is 2. The van der Waals surface area contributed by atoms with Crippen LogP contribution in [0.5, 0.6) is 5.19 Å². The first-order chi connectivity index (χ1) is 13.8. The zero-order chi connectivity index (χ0) is 20.6. The maximum atomic E-state index is 12.4. The van der Waals surface area contributed by atoms with Crippen molar-refractivity contribution in [2.24, 2.45) is 5.92 Å². The number of fused-ring (bicyclic) bond motifs is 1. The van der Waals surface area contributed by atoms with Gasteiger partial charge in [-0.25, -0.2) is 9.97 Å². The number of carbonyl (C=O) groups is 1. The first-order valence-electron chi connectivity index (χ1n) is 9.18. The third kappa shape index (κ3) is 4.87. The highest BCUT2D eigenvalue weighted by Crippen LogP contribution is 2.48. The summed E-state index contributed by atoms with van der Waals surface area (Å²) in [4.78, 5) is 24.7. The van der Waals surface area contributed by atoms with Crippen LogP contribution in [0.25, 0.3) is 11.0 Å². The van der Waals surface area contributed by atoms with Crippen molar-refractivity contribution in [1.82, 2.24) is 20.3 Å². The summed E-state index contributed by atoms with van der Waals surface area (Å²) in [6, 6.07) is 7.45. The molecule has 2 aromatic heterocycles. The van der Waals surface area contributed by atoms with Crippen LogP contribution in [0.3, 0.4) is 0 Å². The lowest BCUT2D eigenvalue weighted by Crippen LogP contribution is -2.26. The van der Waals surface area contributed by atoms with Crippen LogP contribution in [-0.2, 0) is 4.79 Å². The molecule has 0 spiro atoms. The second-order valence-corrected chi connectivity index (χ2v) is 8.19. The quantitative estimate of drug-likeness (QED) is 0.592. The SMILES string of the molecule is C[C@@H](NC(=O)C[C@@H]1C[C@H]1c1nc2ccccc2[nH]1)c1cnc(OCC(F)(F)F)s1. The molecule has 0 radical (unpaired) electrons. The van der Waals surface area contributed by atoms with Crippen LogP contribution >= 0.6 is 11.3 Å². The molecule has 0 saturated heterocycles. The Balaban J connectivity index is 1.27. The number of aromatic amines is 1. The van der Waals surface area contributed by atoms with Crippen LogP contribution in [0, 0.1) is 5.92 Å². The summed E-state index contributed by atoms with van der Waals surface area (Å²) in [5, 5.41) is 2.81. The Morgan fingerprint density at radius 2 is 2.21 bits per heavy atom. The summed E-state index contributed by atoms with van der Waals surface area (Å²) in [6.45, 7) is 0.383. The first kappa shape index (κ1) is 19.7. The predicted octanol–water partition coefficient (Wildman–Crippen LogP) is 4.33. The van der Waals surface area contributed by atoms with E-state index in [1.165, 1.54) is 6.20 Å². The lowest BCUT2D eigenvalue weighted by atomic mass is 10.2. The summed E-state index contributed by atoms with van der Waals surface area (Å²) >= 11 is 0.995. The van der Waals surface area contributed by atoms with Gasteiger partial charge in [0, 0.05) is 18.5 Å². The fraction of sp³-hybridized carbons (Fsp3) is 0.421. The molecule has 1 saturated carbocycles. The molecule has 3 aromatic rings. The molecule has 1 aromatic carbocycles. The average Bonchev–Trinajstić information content (AvgIpc) is 3.08. The van der Waals surface area contributed by atoms with E-state index < -0.39 is 12.8 Å². The Morgan fingerprint density at radius 3 is 2.97 bits per heavy atom. The van der Waals surface area contributed by atoms with Crippen molar-refractivity contribution in [2.75, 3.05) is 6.61 Å². The van der Waals surface area contributed by atoms with Gasteiger partial charge >= 0.3 is 6.18 Å². The van der Waals surface area contributed by atoms with Gasteiger partial charge < -0.3 is 15.0 Å². The first-order valence-corrected chi connectivity index (χ1v) is 9.99. The molecule has 1 aliphatic carbocycles. The van der Waals surface area contributed by atoms with E-state index in [1.54, 1.807) is 6.92 Å². The summed E-state index contributed by atoms with van der Waals surface area (Å²) < 4.78 is 41.3. The van der Waals surface area contributed by atoms with Gasteiger partial charge in [-0.3, -0.25) is 4.79 Å². The number of thiazole rings is 1. The van der Waals surface area contributed by atoms with E-state index in [-0.39, 0.29) is 29.0 Å². The Kier molecular flexibility index (Phi) is 5.20. The van der Waals surface area contributed by atoms with Gasteiger partial charge in [0.05, 0.1) is 22.0 Å². The van der Waals surface area contributed by atoms with Gasteiger partial charge in [0.2, 0.25) is 5.91 Å². The van der Waals surface area contributed by atoms with Gasteiger partial charge in [-0.2, -0.15) is 13.2 Å². The lowest BCUT2D eigenvalue weighted by molar-refractivity contribution is -0.153. The van der Waals surface area contributed by atoms with E-state index >= 15 is 0 Å². The summed E-state index contributed by atoms with van der Waals surface area (Å²) in [7, 11) is 0. The Morgan fingerprint density at radius 1 is 1.41 bits per heavy atom. The molecule has 154 valence electrons. The number of carbonyl (C=O) groups excluding carboxylic acids is 1. The van der Waals surface area contributed by atoms with Crippen molar-refractivity contribution in [3.8, 4) is 5.19 Å². The zero-order valence-corrected chi connectivity index (χ0v) is 16.3. The molecular formula is C19H19F3N4O2S. The monoisotopic (exact) mass is 424 g/mol. The van der Waals surface area contributed by atoms with Crippen LogP contribution < -0.4 is 10.1 Å². The molecule has 1 aliphatic rings. The Labute approximate surface area is 168 Å².